The molecule has 0 bridgehead atoms. The molecule has 0 amide bonds. The molecule has 0 radical (unpaired) electrons. The Labute approximate surface area is 100 Å². The average Bonchev–Trinajstić information content (AvgIpc) is 2.29. The van der Waals surface area contributed by atoms with Gasteiger partial charge in [0.25, 0.3) is 0 Å². The molecule has 0 aliphatic carbocycles. The van der Waals surface area contributed by atoms with E-state index in [2.05, 4.69) is 6.92 Å². The summed E-state index contributed by atoms with van der Waals surface area (Å²) in [6, 6.07) is 7.50. The van der Waals surface area contributed by atoms with Crippen LogP contribution in [0.2, 0.25) is 0 Å². The number of thioether (sulfide) groups is 1. The van der Waals surface area contributed by atoms with Crippen molar-refractivity contribution >= 4 is 11.8 Å². The first-order valence-electron chi connectivity index (χ1n) is 5.38. The molecule has 3 nitrogen and oxygen atoms in total. The topological polar surface area (TPSA) is 60.7 Å². The van der Waals surface area contributed by atoms with Gasteiger partial charge in [0.2, 0.25) is 0 Å². The van der Waals surface area contributed by atoms with Crippen LogP contribution in [0.15, 0.2) is 29.2 Å². The van der Waals surface area contributed by atoms with Crippen molar-refractivity contribution in [1.82, 2.24) is 0 Å². The summed E-state index contributed by atoms with van der Waals surface area (Å²) in [4.78, 5) is 1.08. The summed E-state index contributed by atoms with van der Waals surface area (Å²) in [5.41, 5.74) is 0.694. The maximum Gasteiger partial charge on any atom is 0.105 e. The Kier molecular flexibility index (Phi) is 5.84. The molecular weight excluding hydrogens is 224 g/mol. The summed E-state index contributed by atoms with van der Waals surface area (Å²) in [5, 5.41) is 28.1. The van der Waals surface area contributed by atoms with Gasteiger partial charge in [-0.05, 0) is 29.9 Å². The van der Waals surface area contributed by atoms with E-state index in [0.29, 0.717) is 5.56 Å². The average molecular weight is 242 g/mol. The highest BCUT2D eigenvalue weighted by Crippen LogP contribution is 2.24. The lowest BCUT2D eigenvalue weighted by Crippen LogP contribution is -2.19. The van der Waals surface area contributed by atoms with Crippen molar-refractivity contribution in [3.05, 3.63) is 29.8 Å². The van der Waals surface area contributed by atoms with Gasteiger partial charge in [-0.2, -0.15) is 0 Å². The molecule has 0 aliphatic rings. The monoisotopic (exact) mass is 242 g/mol. The fourth-order valence-corrected chi connectivity index (χ4v) is 2.19. The van der Waals surface area contributed by atoms with Crippen LogP contribution in [0.5, 0.6) is 0 Å². The first kappa shape index (κ1) is 13.5. The van der Waals surface area contributed by atoms with E-state index in [1.165, 1.54) is 0 Å². The van der Waals surface area contributed by atoms with Gasteiger partial charge in [0.1, 0.15) is 6.10 Å². The van der Waals surface area contributed by atoms with Crippen molar-refractivity contribution in [3.8, 4) is 0 Å². The van der Waals surface area contributed by atoms with Crippen LogP contribution < -0.4 is 0 Å². The molecule has 3 N–H and O–H groups in total. The van der Waals surface area contributed by atoms with Gasteiger partial charge >= 0.3 is 0 Å². The summed E-state index contributed by atoms with van der Waals surface area (Å²) < 4.78 is 0. The third-order valence-electron chi connectivity index (χ3n) is 2.30. The number of aliphatic hydroxyl groups excluding tert-OH is 3. The number of hydrogen-bond acceptors (Lipinski definition) is 4. The summed E-state index contributed by atoms with van der Waals surface area (Å²) >= 11 is 1.69. The number of hydrogen-bond donors (Lipinski definition) is 3. The molecule has 0 aromatic heterocycles. The largest absolute Gasteiger partial charge is 0.396 e. The second-order valence-electron chi connectivity index (χ2n) is 3.53. The minimum Gasteiger partial charge on any atom is -0.396 e. The lowest BCUT2D eigenvalue weighted by Gasteiger charge is -2.17. The fraction of sp³-hybridized carbons (Fsp3) is 0.500. The predicted molar refractivity (Wildman–Crippen MR) is 65.5 cm³/mol. The highest BCUT2D eigenvalue weighted by molar-refractivity contribution is 7.99. The fourth-order valence-electron chi connectivity index (χ4n) is 1.47. The lowest BCUT2D eigenvalue weighted by molar-refractivity contribution is 0.00411. The molecule has 0 spiro atoms. The summed E-state index contributed by atoms with van der Waals surface area (Å²) in [6.45, 7) is 1.94. The molecule has 90 valence electrons. The molecule has 4 heteroatoms. The van der Waals surface area contributed by atoms with Gasteiger partial charge in [-0.1, -0.05) is 19.1 Å². The molecule has 1 aromatic carbocycles. The Balaban J connectivity index is 2.74. The van der Waals surface area contributed by atoms with Gasteiger partial charge in [0, 0.05) is 11.5 Å². The van der Waals surface area contributed by atoms with E-state index < -0.39 is 12.2 Å². The van der Waals surface area contributed by atoms with Crippen molar-refractivity contribution < 1.29 is 15.3 Å². The molecule has 0 aliphatic heterocycles. The minimum absolute atomic E-state index is 0.123. The summed E-state index contributed by atoms with van der Waals surface area (Å²) in [7, 11) is 0. The van der Waals surface area contributed by atoms with Gasteiger partial charge in [0.05, 0.1) is 6.10 Å². The van der Waals surface area contributed by atoms with Crippen LogP contribution in [0, 0.1) is 0 Å². The Morgan fingerprint density at radius 1 is 1.31 bits per heavy atom. The second kappa shape index (κ2) is 6.91. The minimum atomic E-state index is -0.926. The first-order valence-corrected chi connectivity index (χ1v) is 6.37. The smallest absolute Gasteiger partial charge is 0.105 e. The van der Waals surface area contributed by atoms with Crippen LogP contribution in [0.25, 0.3) is 0 Å². The van der Waals surface area contributed by atoms with E-state index in [1.807, 2.05) is 18.2 Å². The highest BCUT2D eigenvalue weighted by atomic mass is 32.2. The van der Waals surface area contributed by atoms with Crippen LogP contribution in [0.1, 0.15) is 25.0 Å². The zero-order valence-corrected chi connectivity index (χ0v) is 10.2. The summed E-state index contributed by atoms with van der Waals surface area (Å²) in [5.74, 6) is 0.971. The van der Waals surface area contributed by atoms with E-state index in [9.17, 15) is 10.2 Å². The van der Waals surface area contributed by atoms with Gasteiger partial charge in [0.15, 0.2) is 0 Å². The zero-order chi connectivity index (χ0) is 12.0. The van der Waals surface area contributed by atoms with Gasteiger partial charge in [-0.3, -0.25) is 0 Å². The molecule has 16 heavy (non-hydrogen) atoms. The highest BCUT2D eigenvalue weighted by Gasteiger charge is 2.17. The van der Waals surface area contributed by atoms with Crippen LogP contribution in [0.3, 0.4) is 0 Å². The van der Waals surface area contributed by atoms with E-state index in [4.69, 9.17) is 5.11 Å². The number of benzene rings is 1. The Morgan fingerprint density at radius 2 is 2.06 bits per heavy atom. The molecule has 2 unspecified atom stereocenters. The van der Waals surface area contributed by atoms with Crippen LogP contribution in [0.4, 0.5) is 0 Å². The second-order valence-corrected chi connectivity index (χ2v) is 4.87. The normalized spacial score (nSPS) is 14.8. The lowest BCUT2D eigenvalue weighted by atomic mass is 10.0. The van der Waals surface area contributed by atoms with Crippen molar-refractivity contribution in [3.63, 3.8) is 0 Å². The van der Waals surface area contributed by atoms with Gasteiger partial charge in [-0.25, -0.2) is 0 Å². The molecule has 0 heterocycles. The van der Waals surface area contributed by atoms with Crippen LogP contribution in [-0.4, -0.2) is 33.8 Å². The maximum atomic E-state index is 9.84. The van der Waals surface area contributed by atoms with Crippen LogP contribution >= 0.6 is 11.8 Å². The van der Waals surface area contributed by atoms with E-state index >= 15 is 0 Å². The predicted octanol–water partition coefficient (Wildman–Crippen LogP) is 1.58. The molecule has 0 saturated carbocycles. The van der Waals surface area contributed by atoms with E-state index in [1.54, 1.807) is 17.8 Å². The molecule has 1 aromatic rings. The first-order chi connectivity index (χ1) is 7.69. The quantitative estimate of drug-likeness (QED) is 0.663. The maximum absolute atomic E-state index is 9.84. The Bertz CT molecular complexity index is 317. The Morgan fingerprint density at radius 3 is 2.69 bits per heavy atom. The van der Waals surface area contributed by atoms with E-state index in [0.717, 1.165) is 10.6 Å². The molecule has 2 atom stereocenters. The SMILES string of the molecule is CCSc1cccc(C(O)C(O)CCO)c1. The van der Waals surface area contributed by atoms with Gasteiger partial charge in [-0.15, -0.1) is 11.8 Å². The number of rotatable bonds is 6. The summed E-state index contributed by atoms with van der Waals surface area (Å²) in [6.07, 6.45) is -1.65. The zero-order valence-electron chi connectivity index (χ0n) is 9.34. The molecule has 0 saturated heterocycles. The standard InChI is InChI=1S/C12H18O3S/c1-2-16-10-5-3-4-9(8-10)12(15)11(14)6-7-13/h3-5,8,11-15H,2,6-7H2,1H3. The van der Waals surface area contributed by atoms with Crippen molar-refractivity contribution in [1.29, 1.82) is 0 Å². The third kappa shape index (κ3) is 3.79. The molecular formula is C12H18O3S. The Hall–Kier alpha value is -0.550. The van der Waals surface area contributed by atoms with Crippen molar-refractivity contribution in [2.75, 3.05) is 12.4 Å². The third-order valence-corrected chi connectivity index (χ3v) is 3.18. The van der Waals surface area contributed by atoms with Crippen molar-refractivity contribution in [2.45, 2.75) is 30.4 Å². The molecule has 1 rings (SSSR count). The van der Waals surface area contributed by atoms with Gasteiger partial charge < -0.3 is 15.3 Å². The molecule has 0 fully saturated rings. The van der Waals surface area contributed by atoms with Crippen molar-refractivity contribution in [2.24, 2.45) is 0 Å². The van der Waals surface area contributed by atoms with Crippen LogP contribution in [-0.2, 0) is 0 Å². The number of aliphatic hydroxyl groups is 3. The van der Waals surface area contributed by atoms with E-state index in [-0.39, 0.29) is 13.0 Å².